The van der Waals surface area contributed by atoms with Crippen LogP contribution in [0.4, 0.5) is 0 Å². The van der Waals surface area contributed by atoms with E-state index in [-0.39, 0.29) is 11.1 Å². The summed E-state index contributed by atoms with van der Waals surface area (Å²) in [6, 6.07) is 10.0. The molecule has 4 N–H and O–H groups in total. The standard InChI is InChI=1S/C8H14O2.C8H8.2C4H6O2.C3H4O2/c1-3-4-5-6-7(2)8(9)10;1-2-8-6-4-3-5-7-8;2*1-3(2)4(5)6;1-2-3(4)5/h6H,3-5H2,1-2H3,(H,9,10);2-7H,1H2;2*1H2,2H3,(H,5,6);2H,1H2,(H,4,5)/b7-6+;;;;. The van der Waals surface area contributed by atoms with Gasteiger partial charge in [0.1, 0.15) is 0 Å². The van der Waals surface area contributed by atoms with Gasteiger partial charge in [-0.1, -0.05) is 88.6 Å². The number of rotatable bonds is 8. The Labute approximate surface area is 207 Å². The van der Waals surface area contributed by atoms with Gasteiger partial charge in [0.05, 0.1) is 0 Å². The smallest absolute Gasteiger partial charge is 0.330 e. The van der Waals surface area contributed by atoms with E-state index in [2.05, 4.69) is 33.2 Å². The molecule has 194 valence electrons. The van der Waals surface area contributed by atoms with Gasteiger partial charge in [-0.05, 0) is 32.8 Å². The van der Waals surface area contributed by atoms with E-state index in [0.29, 0.717) is 5.57 Å². The highest BCUT2D eigenvalue weighted by molar-refractivity contribution is 5.86. The van der Waals surface area contributed by atoms with Crippen LogP contribution in [0.15, 0.2) is 85.5 Å². The van der Waals surface area contributed by atoms with Crippen molar-refractivity contribution in [2.45, 2.75) is 47.0 Å². The van der Waals surface area contributed by atoms with Crippen molar-refractivity contribution in [3.63, 3.8) is 0 Å². The zero-order valence-corrected chi connectivity index (χ0v) is 21.0. The Balaban J connectivity index is -0.000000176. The Kier molecular flexibility index (Phi) is 28.3. The molecule has 1 aromatic carbocycles. The molecule has 0 aliphatic carbocycles. The van der Waals surface area contributed by atoms with Crippen molar-refractivity contribution < 1.29 is 39.6 Å². The molecule has 1 rings (SSSR count). The molecule has 0 amide bonds. The molecule has 1 aromatic rings. The summed E-state index contributed by atoms with van der Waals surface area (Å²) in [5, 5.41) is 31.8. The predicted molar refractivity (Wildman–Crippen MR) is 140 cm³/mol. The van der Waals surface area contributed by atoms with Gasteiger partial charge in [0.25, 0.3) is 0 Å². The largest absolute Gasteiger partial charge is 0.478 e. The number of carboxylic acids is 4. The molecule has 0 heterocycles. The van der Waals surface area contributed by atoms with Crippen LogP contribution in [0.3, 0.4) is 0 Å². The average Bonchev–Trinajstić information content (AvgIpc) is 2.81. The van der Waals surface area contributed by atoms with E-state index in [9.17, 15) is 19.2 Å². The van der Waals surface area contributed by atoms with Crippen LogP contribution in [-0.4, -0.2) is 44.3 Å². The summed E-state index contributed by atoms with van der Waals surface area (Å²) < 4.78 is 0. The highest BCUT2D eigenvalue weighted by atomic mass is 16.4. The highest BCUT2D eigenvalue weighted by Crippen LogP contribution is 2.00. The van der Waals surface area contributed by atoms with Crippen LogP contribution in [0.1, 0.15) is 52.5 Å². The van der Waals surface area contributed by atoms with E-state index >= 15 is 0 Å². The molecule has 0 aromatic heterocycles. The molecule has 8 nitrogen and oxygen atoms in total. The molecular formula is C27H38O8. The van der Waals surface area contributed by atoms with Crippen LogP contribution in [0.25, 0.3) is 6.08 Å². The fourth-order valence-electron chi connectivity index (χ4n) is 1.20. The van der Waals surface area contributed by atoms with Crippen molar-refractivity contribution >= 4 is 30.0 Å². The van der Waals surface area contributed by atoms with Crippen LogP contribution < -0.4 is 0 Å². The van der Waals surface area contributed by atoms with Gasteiger partial charge in [-0.15, -0.1) is 0 Å². The number of unbranched alkanes of at least 4 members (excludes halogenated alkanes) is 2. The van der Waals surface area contributed by atoms with Crippen molar-refractivity contribution in [1.82, 2.24) is 0 Å². The molecule has 0 unspecified atom stereocenters. The zero-order chi connectivity index (χ0) is 28.4. The number of benzene rings is 1. The maximum Gasteiger partial charge on any atom is 0.330 e. The summed E-state index contributed by atoms with van der Waals surface area (Å²) in [5.74, 6) is -3.66. The quantitative estimate of drug-likeness (QED) is 0.253. The van der Waals surface area contributed by atoms with Crippen molar-refractivity contribution in [3.05, 3.63) is 91.1 Å². The van der Waals surface area contributed by atoms with Crippen LogP contribution in [0.2, 0.25) is 0 Å². The van der Waals surface area contributed by atoms with E-state index in [0.717, 1.165) is 25.3 Å². The third-order valence-corrected chi connectivity index (χ3v) is 3.29. The lowest BCUT2D eigenvalue weighted by atomic mass is 10.2. The van der Waals surface area contributed by atoms with Crippen molar-refractivity contribution in [2.75, 3.05) is 0 Å². The first-order chi connectivity index (χ1) is 16.2. The van der Waals surface area contributed by atoms with Crippen LogP contribution >= 0.6 is 0 Å². The van der Waals surface area contributed by atoms with Gasteiger partial charge < -0.3 is 20.4 Å². The van der Waals surface area contributed by atoms with Gasteiger partial charge in [-0.25, -0.2) is 19.2 Å². The van der Waals surface area contributed by atoms with Crippen LogP contribution in [0, 0.1) is 0 Å². The Morgan fingerprint density at radius 2 is 1.17 bits per heavy atom. The number of aliphatic carboxylic acids is 4. The van der Waals surface area contributed by atoms with Gasteiger partial charge >= 0.3 is 23.9 Å². The maximum atomic E-state index is 10.2. The van der Waals surface area contributed by atoms with E-state index in [1.165, 1.54) is 19.4 Å². The Bertz CT molecular complexity index is 801. The first-order valence-electron chi connectivity index (χ1n) is 10.4. The molecule has 8 heteroatoms. The number of hydrogen-bond acceptors (Lipinski definition) is 4. The lowest BCUT2D eigenvalue weighted by Gasteiger charge is -1.91. The van der Waals surface area contributed by atoms with Gasteiger partial charge in [-0.3, -0.25) is 0 Å². The third-order valence-electron chi connectivity index (χ3n) is 3.29. The van der Waals surface area contributed by atoms with Crippen LogP contribution in [-0.2, 0) is 19.2 Å². The normalized spacial score (nSPS) is 8.74. The van der Waals surface area contributed by atoms with Crippen molar-refractivity contribution in [2.24, 2.45) is 0 Å². The number of carboxylic acid groups (broad SMARTS) is 4. The van der Waals surface area contributed by atoms with E-state index in [1.807, 2.05) is 36.4 Å². The number of allylic oxidation sites excluding steroid dienone is 1. The minimum Gasteiger partial charge on any atom is -0.478 e. The zero-order valence-electron chi connectivity index (χ0n) is 21.0. The molecule has 35 heavy (non-hydrogen) atoms. The Hall–Kier alpha value is -4.20. The molecule has 0 spiro atoms. The first-order valence-corrected chi connectivity index (χ1v) is 10.4. The van der Waals surface area contributed by atoms with Gasteiger partial charge in [-0.2, -0.15) is 0 Å². The maximum absolute atomic E-state index is 10.2. The Morgan fingerprint density at radius 1 is 0.800 bits per heavy atom. The van der Waals surface area contributed by atoms with E-state index in [4.69, 9.17) is 20.4 Å². The second kappa shape index (κ2) is 26.1. The second-order valence-corrected chi connectivity index (χ2v) is 6.66. The van der Waals surface area contributed by atoms with Gasteiger partial charge in [0.2, 0.25) is 0 Å². The van der Waals surface area contributed by atoms with Crippen molar-refractivity contribution in [3.8, 4) is 0 Å². The lowest BCUT2D eigenvalue weighted by Crippen LogP contribution is -1.95. The number of carbonyl (C=O) groups is 4. The molecule has 0 atom stereocenters. The summed E-state index contributed by atoms with van der Waals surface area (Å²) in [5.41, 5.74) is 1.98. The summed E-state index contributed by atoms with van der Waals surface area (Å²) in [6.07, 6.45) is 7.51. The van der Waals surface area contributed by atoms with Gasteiger partial charge in [0.15, 0.2) is 0 Å². The molecule has 0 saturated heterocycles. The summed E-state index contributed by atoms with van der Waals surface area (Å²) in [6.45, 7) is 19.5. The number of hydrogen-bond donors (Lipinski definition) is 4. The monoisotopic (exact) mass is 490 g/mol. The molecule has 0 radical (unpaired) electrons. The molecule has 0 saturated carbocycles. The summed E-state index contributed by atoms with van der Waals surface area (Å²) in [7, 11) is 0. The molecule has 0 aliphatic rings. The first kappa shape index (κ1) is 38.1. The SMILES string of the molecule is C=C(C)C(=O)O.C=C(C)C(=O)O.C=CC(=O)O.C=Cc1ccccc1.CCCC/C=C(\C)C(=O)O. The third kappa shape index (κ3) is 37.4. The Morgan fingerprint density at radius 3 is 1.37 bits per heavy atom. The van der Waals surface area contributed by atoms with Crippen LogP contribution in [0.5, 0.6) is 0 Å². The molecular weight excluding hydrogens is 452 g/mol. The summed E-state index contributed by atoms with van der Waals surface area (Å²) >= 11 is 0. The lowest BCUT2D eigenvalue weighted by molar-refractivity contribution is -0.133. The average molecular weight is 491 g/mol. The minimum atomic E-state index is -0.981. The topological polar surface area (TPSA) is 149 Å². The van der Waals surface area contributed by atoms with E-state index in [1.54, 1.807) is 13.0 Å². The van der Waals surface area contributed by atoms with Crippen molar-refractivity contribution in [1.29, 1.82) is 0 Å². The van der Waals surface area contributed by atoms with Gasteiger partial charge in [0, 0.05) is 22.8 Å². The molecule has 0 aliphatic heterocycles. The fourth-order valence-corrected chi connectivity index (χ4v) is 1.20. The fraction of sp³-hybridized carbons (Fsp3) is 0.259. The predicted octanol–water partition coefficient (Wildman–Crippen LogP) is 6.09. The molecule has 0 fully saturated rings. The highest BCUT2D eigenvalue weighted by Gasteiger charge is 1.96. The van der Waals surface area contributed by atoms with E-state index < -0.39 is 23.9 Å². The second-order valence-electron chi connectivity index (χ2n) is 6.66. The minimum absolute atomic E-state index is 0.176. The summed E-state index contributed by atoms with van der Waals surface area (Å²) in [4.78, 5) is 38.7. The molecule has 0 bridgehead atoms.